The summed E-state index contributed by atoms with van der Waals surface area (Å²) >= 11 is 0. The van der Waals surface area contributed by atoms with Crippen LogP contribution in [-0.4, -0.2) is 37.2 Å². The number of allylic oxidation sites excluding steroid dienone is 4. The average molecular weight is 1010 g/mol. The Morgan fingerprint density at radius 3 is 0.792 bits per heavy atom. The molecule has 0 saturated carbocycles. The normalized spacial score (nSPS) is 12.1. The minimum absolute atomic E-state index is 0.0667. The first-order chi connectivity index (χ1) is 35.5. The zero-order chi connectivity index (χ0) is 52.2. The monoisotopic (exact) mass is 1010 g/mol. The lowest BCUT2D eigenvalue weighted by Crippen LogP contribution is -2.30. The highest BCUT2D eigenvalue weighted by molar-refractivity contribution is 5.71. The van der Waals surface area contributed by atoms with Gasteiger partial charge in [0.1, 0.15) is 13.2 Å². The van der Waals surface area contributed by atoms with Gasteiger partial charge in [-0.1, -0.05) is 315 Å². The molecule has 0 spiro atoms. The molecule has 0 radical (unpaired) electrons. The van der Waals surface area contributed by atoms with E-state index in [9.17, 15) is 14.4 Å². The summed E-state index contributed by atoms with van der Waals surface area (Å²) in [5.74, 6) is -0.843. The topological polar surface area (TPSA) is 78.9 Å². The highest BCUT2D eigenvalue weighted by Crippen LogP contribution is 2.18. The molecule has 424 valence electrons. The van der Waals surface area contributed by atoms with Crippen molar-refractivity contribution in [2.45, 2.75) is 367 Å². The van der Waals surface area contributed by atoms with Gasteiger partial charge in [-0.2, -0.15) is 0 Å². The zero-order valence-electron chi connectivity index (χ0n) is 48.7. The molecule has 0 aliphatic carbocycles. The van der Waals surface area contributed by atoms with Crippen LogP contribution in [-0.2, 0) is 28.6 Å². The van der Waals surface area contributed by atoms with Crippen LogP contribution in [0.4, 0.5) is 0 Å². The molecule has 6 nitrogen and oxygen atoms in total. The number of esters is 3. The third-order valence-electron chi connectivity index (χ3n) is 14.7. The summed E-state index contributed by atoms with van der Waals surface area (Å²) < 4.78 is 16.9. The SMILES string of the molecule is CCCCC/C=C\C/C=C\CCCCCCCCCCCC(=O)OC(COC(=O)CCCCCCCCCCCCCCC)COC(=O)CCCCCCCCCCCCCCCCCCCCCCCC. The van der Waals surface area contributed by atoms with Gasteiger partial charge >= 0.3 is 17.9 Å². The summed E-state index contributed by atoms with van der Waals surface area (Å²) in [6.45, 7) is 6.68. The molecule has 6 heteroatoms. The maximum absolute atomic E-state index is 12.9. The van der Waals surface area contributed by atoms with Gasteiger partial charge < -0.3 is 14.2 Å². The van der Waals surface area contributed by atoms with Crippen molar-refractivity contribution < 1.29 is 28.6 Å². The van der Waals surface area contributed by atoms with Crippen molar-refractivity contribution in [1.29, 1.82) is 0 Å². The van der Waals surface area contributed by atoms with Crippen LogP contribution in [0.2, 0.25) is 0 Å². The van der Waals surface area contributed by atoms with Gasteiger partial charge in [0.05, 0.1) is 0 Å². The average Bonchev–Trinajstić information content (AvgIpc) is 3.38. The summed E-state index contributed by atoms with van der Waals surface area (Å²) in [6.07, 6.45) is 73.3. The lowest BCUT2D eigenvalue weighted by molar-refractivity contribution is -0.167. The Morgan fingerprint density at radius 1 is 0.278 bits per heavy atom. The van der Waals surface area contributed by atoms with E-state index in [1.54, 1.807) is 0 Å². The first kappa shape index (κ1) is 69.9. The molecule has 1 unspecified atom stereocenters. The predicted octanol–water partition coefficient (Wildman–Crippen LogP) is 21.8. The Kier molecular flexibility index (Phi) is 59.6. The molecule has 1 atom stereocenters. The van der Waals surface area contributed by atoms with Crippen molar-refractivity contribution in [2.75, 3.05) is 13.2 Å². The molecular weight excluding hydrogens is 889 g/mol. The fraction of sp³-hybridized carbons (Fsp3) is 0.894. The van der Waals surface area contributed by atoms with Crippen molar-refractivity contribution in [1.82, 2.24) is 0 Å². The van der Waals surface area contributed by atoms with Gasteiger partial charge in [-0.25, -0.2) is 0 Å². The van der Waals surface area contributed by atoms with Gasteiger partial charge in [-0.05, 0) is 51.4 Å². The lowest BCUT2D eigenvalue weighted by atomic mass is 10.0. The van der Waals surface area contributed by atoms with E-state index in [0.29, 0.717) is 19.3 Å². The van der Waals surface area contributed by atoms with Gasteiger partial charge in [0.15, 0.2) is 6.10 Å². The van der Waals surface area contributed by atoms with Crippen molar-refractivity contribution in [3.63, 3.8) is 0 Å². The molecule has 0 aliphatic rings. The second-order valence-corrected chi connectivity index (χ2v) is 22.0. The number of hydrogen-bond acceptors (Lipinski definition) is 6. The number of ether oxygens (including phenoxy) is 3. The largest absolute Gasteiger partial charge is 0.462 e. The molecule has 0 rings (SSSR count). The molecule has 0 N–H and O–H groups in total. The molecule has 72 heavy (non-hydrogen) atoms. The Morgan fingerprint density at radius 2 is 0.500 bits per heavy atom. The Balaban J connectivity index is 4.26. The summed E-state index contributed by atoms with van der Waals surface area (Å²) in [7, 11) is 0. The van der Waals surface area contributed by atoms with Crippen LogP contribution in [0.1, 0.15) is 361 Å². The molecule has 0 fully saturated rings. The Hall–Kier alpha value is -2.11. The molecule has 0 aromatic carbocycles. The number of carbonyl (C=O) groups is 3. The first-order valence-corrected chi connectivity index (χ1v) is 32.3. The van der Waals surface area contributed by atoms with Crippen molar-refractivity contribution in [3.05, 3.63) is 24.3 Å². The molecular formula is C66H124O6. The number of carbonyl (C=O) groups excluding carboxylic acids is 3. The van der Waals surface area contributed by atoms with Gasteiger partial charge in [0, 0.05) is 19.3 Å². The fourth-order valence-corrected chi connectivity index (χ4v) is 9.83. The zero-order valence-corrected chi connectivity index (χ0v) is 48.7. The van der Waals surface area contributed by atoms with Gasteiger partial charge in [-0.3, -0.25) is 14.4 Å². The van der Waals surface area contributed by atoms with Gasteiger partial charge in [0.25, 0.3) is 0 Å². The van der Waals surface area contributed by atoms with E-state index in [0.717, 1.165) is 64.2 Å². The molecule has 0 bridgehead atoms. The Labute approximate surface area is 449 Å². The van der Waals surface area contributed by atoms with Crippen molar-refractivity contribution in [3.8, 4) is 0 Å². The molecule has 0 aromatic heterocycles. The minimum Gasteiger partial charge on any atom is -0.462 e. The summed E-state index contributed by atoms with van der Waals surface area (Å²) in [4.78, 5) is 38.3. The van der Waals surface area contributed by atoms with Crippen LogP contribution < -0.4 is 0 Å². The van der Waals surface area contributed by atoms with Crippen LogP contribution in [0.3, 0.4) is 0 Å². The van der Waals surface area contributed by atoms with E-state index in [1.807, 2.05) is 0 Å². The highest BCUT2D eigenvalue weighted by Gasteiger charge is 2.19. The maximum Gasteiger partial charge on any atom is 0.306 e. The van der Waals surface area contributed by atoms with Crippen LogP contribution in [0.15, 0.2) is 24.3 Å². The third-order valence-corrected chi connectivity index (χ3v) is 14.7. The highest BCUT2D eigenvalue weighted by atomic mass is 16.6. The van der Waals surface area contributed by atoms with E-state index in [-0.39, 0.29) is 31.1 Å². The molecule has 0 aromatic rings. The quantitative estimate of drug-likeness (QED) is 0.0261. The van der Waals surface area contributed by atoms with Crippen LogP contribution in [0, 0.1) is 0 Å². The Bertz CT molecular complexity index is 1160. The van der Waals surface area contributed by atoms with Crippen LogP contribution in [0.25, 0.3) is 0 Å². The first-order valence-electron chi connectivity index (χ1n) is 32.3. The maximum atomic E-state index is 12.9. The number of hydrogen-bond donors (Lipinski definition) is 0. The van der Waals surface area contributed by atoms with Gasteiger partial charge in [-0.15, -0.1) is 0 Å². The smallest absolute Gasteiger partial charge is 0.306 e. The minimum atomic E-state index is -0.769. The van der Waals surface area contributed by atoms with E-state index in [4.69, 9.17) is 14.2 Å². The molecule has 0 amide bonds. The number of rotatable bonds is 60. The predicted molar refractivity (Wildman–Crippen MR) is 312 cm³/mol. The summed E-state index contributed by atoms with van der Waals surface area (Å²) in [6, 6.07) is 0. The van der Waals surface area contributed by atoms with Crippen LogP contribution >= 0.6 is 0 Å². The molecule has 0 saturated heterocycles. The van der Waals surface area contributed by atoms with E-state index < -0.39 is 6.10 Å². The molecule has 0 heterocycles. The van der Waals surface area contributed by atoms with E-state index >= 15 is 0 Å². The standard InChI is InChI=1S/C66H124O6/c1-4-7-10-13-16-19-22-25-27-29-31-32-33-35-36-38-41-44-47-50-53-56-59-65(68)71-62-63(61-70-64(67)58-55-52-49-46-43-40-24-21-18-15-12-9-6-3)72-66(69)60-57-54-51-48-45-42-39-37-34-30-28-26-23-20-17-14-11-8-5-2/h17,20,26,28,63H,4-16,18-19,21-25,27,29-62H2,1-3H3/b20-17-,28-26-. The lowest BCUT2D eigenvalue weighted by Gasteiger charge is -2.18. The third kappa shape index (κ3) is 58.8. The van der Waals surface area contributed by atoms with Crippen molar-refractivity contribution >= 4 is 17.9 Å². The van der Waals surface area contributed by atoms with Crippen LogP contribution in [0.5, 0.6) is 0 Å². The van der Waals surface area contributed by atoms with Crippen molar-refractivity contribution in [2.24, 2.45) is 0 Å². The second-order valence-electron chi connectivity index (χ2n) is 22.0. The summed E-state index contributed by atoms with van der Waals surface area (Å²) in [5.41, 5.74) is 0. The molecule has 0 aliphatic heterocycles. The number of unbranched alkanes of at least 4 members (excludes halogenated alkanes) is 45. The van der Waals surface area contributed by atoms with Gasteiger partial charge in [0.2, 0.25) is 0 Å². The second kappa shape index (κ2) is 61.4. The summed E-state index contributed by atoms with van der Waals surface area (Å²) in [5, 5.41) is 0. The van der Waals surface area contributed by atoms with E-state index in [1.165, 1.54) is 257 Å². The van der Waals surface area contributed by atoms with E-state index in [2.05, 4.69) is 45.1 Å². The fourth-order valence-electron chi connectivity index (χ4n) is 9.83.